The summed E-state index contributed by atoms with van der Waals surface area (Å²) in [5.74, 6) is 0.157. The van der Waals surface area contributed by atoms with Crippen LogP contribution in [0.25, 0.3) is 0 Å². The van der Waals surface area contributed by atoms with Crippen LogP contribution in [0, 0.1) is 0 Å². The molecule has 6 nitrogen and oxygen atoms in total. The van der Waals surface area contributed by atoms with Crippen molar-refractivity contribution in [1.82, 2.24) is 15.1 Å². The Morgan fingerprint density at radius 1 is 1.32 bits per heavy atom. The van der Waals surface area contributed by atoms with Crippen LogP contribution in [-0.4, -0.2) is 69.3 Å². The Kier molecular flexibility index (Phi) is 4.15. The second-order valence-electron chi connectivity index (χ2n) is 5.37. The zero-order valence-electron chi connectivity index (χ0n) is 11.4. The van der Waals surface area contributed by atoms with Crippen molar-refractivity contribution in [3.63, 3.8) is 0 Å². The molecule has 2 rings (SSSR count). The summed E-state index contributed by atoms with van der Waals surface area (Å²) in [6.07, 6.45) is 3.45. The molecule has 1 saturated heterocycles. The van der Waals surface area contributed by atoms with Crippen LogP contribution in [0.4, 0.5) is 4.79 Å². The predicted octanol–water partition coefficient (Wildman–Crippen LogP) is 0.0327. The summed E-state index contributed by atoms with van der Waals surface area (Å²) in [4.78, 5) is 15.2. The highest BCUT2D eigenvalue weighted by Crippen LogP contribution is 2.15. The first-order chi connectivity index (χ1) is 8.87. The number of likely N-dealkylation sites (tertiary alicyclic amines) is 1. The van der Waals surface area contributed by atoms with Crippen LogP contribution >= 0.6 is 0 Å². The van der Waals surface area contributed by atoms with Crippen LogP contribution in [0.1, 0.15) is 12.8 Å². The zero-order valence-corrected chi connectivity index (χ0v) is 12.2. The van der Waals surface area contributed by atoms with E-state index < -0.39 is 9.84 Å². The number of piperidine rings is 1. The molecule has 0 aromatic rings. The molecule has 2 amide bonds. The highest BCUT2D eigenvalue weighted by molar-refractivity contribution is 7.94. The molecule has 0 radical (unpaired) electrons. The SMILES string of the molecule is CN(C)C(=O)N1CCC(NC2C=CS(=O)(=O)C2)CC1. The Bertz CT molecular complexity index is 465. The second-order valence-corrected chi connectivity index (χ2v) is 7.30. The second kappa shape index (κ2) is 5.50. The number of nitrogens with one attached hydrogen (secondary N) is 1. The van der Waals surface area contributed by atoms with E-state index in [1.807, 2.05) is 4.90 Å². The molecular formula is C12H21N3O3S. The quantitative estimate of drug-likeness (QED) is 0.778. The van der Waals surface area contributed by atoms with E-state index in [1.165, 1.54) is 5.41 Å². The highest BCUT2D eigenvalue weighted by atomic mass is 32.2. The molecule has 0 aromatic carbocycles. The Balaban J connectivity index is 1.78. The first kappa shape index (κ1) is 14.3. The van der Waals surface area contributed by atoms with Gasteiger partial charge in [0.1, 0.15) is 0 Å². The number of urea groups is 1. The molecule has 0 aliphatic carbocycles. The maximum Gasteiger partial charge on any atom is 0.319 e. The van der Waals surface area contributed by atoms with E-state index in [0.29, 0.717) is 0 Å². The van der Waals surface area contributed by atoms with Gasteiger partial charge < -0.3 is 15.1 Å². The van der Waals surface area contributed by atoms with Gasteiger partial charge in [-0.3, -0.25) is 0 Å². The lowest BCUT2D eigenvalue weighted by Crippen LogP contribution is -2.50. The molecule has 7 heteroatoms. The molecule has 2 aliphatic rings. The summed E-state index contributed by atoms with van der Waals surface area (Å²) in [6.45, 7) is 1.44. The minimum atomic E-state index is -3.00. The monoisotopic (exact) mass is 287 g/mol. The summed E-state index contributed by atoms with van der Waals surface area (Å²) >= 11 is 0. The van der Waals surface area contributed by atoms with Gasteiger partial charge in [-0.15, -0.1) is 0 Å². The Morgan fingerprint density at radius 2 is 1.95 bits per heavy atom. The van der Waals surface area contributed by atoms with E-state index in [9.17, 15) is 13.2 Å². The van der Waals surface area contributed by atoms with Crippen molar-refractivity contribution >= 4 is 15.9 Å². The Morgan fingerprint density at radius 3 is 2.42 bits per heavy atom. The van der Waals surface area contributed by atoms with Gasteiger partial charge >= 0.3 is 6.03 Å². The van der Waals surface area contributed by atoms with Crippen LogP contribution in [0.2, 0.25) is 0 Å². The third-order valence-electron chi connectivity index (χ3n) is 3.53. The number of hydrogen-bond donors (Lipinski definition) is 1. The summed E-state index contributed by atoms with van der Waals surface area (Å²) in [6, 6.07) is 0.252. The molecule has 2 heterocycles. The average molecular weight is 287 g/mol. The third-order valence-corrected chi connectivity index (χ3v) is 4.92. The van der Waals surface area contributed by atoms with E-state index in [4.69, 9.17) is 0 Å². The van der Waals surface area contributed by atoms with Gasteiger partial charge in [0.05, 0.1) is 5.75 Å². The molecule has 2 aliphatic heterocycles. The van der Waals surface area contributed by atoms with Gasteiger partial charge in [-0.1, -0.05) is 6.08 Å². The topological polar surface area (TPSA) is 69.7 Å². The van der Waals surface area contributed by atoms with Crippen molar-refractivity contribution in [3.05, 3.63) is 11.5 Å². The molecule has 0 spiro atoms. The fourth-order valence-corrected chi connectivity index (χ4v) is 3.75. The molecule has 0 bridgehead atoms. The number of nitrogens with zero attached hydrogens (tertiary/aromatic N) is 2. The van der Waals surface area contributed by atoms with Crippen molar-refractivity contribution in [2.45, 2.75) is 24.9 Å². The summed E-state index contributed by atoms with van der Waals surface area (Å²) < 4.78 is 22.6. The smallest absolute Gasteiger partial charge is 0.319 e. The van der Waals surface area contributed by atoms with Gasteiger partial charge in [0.2, 0.25) is 0 Å². The first-order valence-electron chi connectivity index (χ1n) is 6.50. The van der Waals surface area contributed by atoms with E-state index in [1.54, 1.807) is 25.1 Å². The number of amides is 2. The van der Waals surface area contributed by atoms with Gasteiger partial charge in [-0.2, -0.15) is 0 Å². The fraction of sp³-hybridized carbons (Fsp3) is 0.750. The van der Waals surface area contributed by atoms with Crippen LogP contribution in [-0.2, 0) is 9.84 Å². The highest BCUT2D eigenvalue weighted by Gasteiger charge is 2.27. The lowest BCUT2D eigenvalue weighted by molar-refractivity contribution is 0.152. The van der Waals surface area contributed by atoms with Crippen LogP contribution in [0.3, 0.4) is 0 Å². The van der Waals surface area contributed by atoms with Gasteiger partial charge in [0.25, 0.3) is 0 Å². The summed E-state index contributed by atoms with van der Waals surface area (Å²) in [5, 5.41) is 4.63. The maximum atomic E-state index is 11.8. The zero-order chi connectivity index (χ0) is 14.0. The van der Waals surface area contributed by atoms with Crippen molar-refractivity contribution in [2.24, 2.45) is 0 Å². The maximum absolute atomic E-state index is 11.8. The van der Waals surface area contributed by atoms with Gasteiger partial charge in [0.15, 0.2) is 9.84 Å². The number of sulfone groups is 1. The Labute approximate surface area is 114 Å². The molecule has 1 fully saturated rings. The first-order valence-corrected chi connectivity index (χ1v) is 8.22. The standard InChI is InChI=1S/C12H21N3O3S/c1-14(2)12(16)15-6-3-10(4-7-15)13-11-5-8-19(17,18)9-11/h5,8,10-11,13H,3-4,6-7,9H2,1-2H3. The lowest BCUT2D eigenvalue weighted by atomic mass is 10.0. The molecule has 0 saturated carbocycles. The fourth-order valence-electron chi connectivity index (χ4n) is 2.50. The van der Waals surface area contributed by atoms with Crippen LogP contribution < -0.4 is 5.32 Å². The largest absolute Gasteiger partial charge is 0.331 e. The van der Waals surface area contributed by atoms with Crippen LogP contribution in [0.5, 0.6) is 0 Å². The Hall–Kier alpha value is -1.08. The minimum absolute atomic E-state index is 0.0433. The van der Waals surface area contributed by atoms with E-state index in [-0.39, 0.29) is 23.9 Å². The van der Waals surface area contributed by atoms with Gasteiger partial charge in [-0.25, -0.2) is 13.2 Å². The molecule has 1 atom stereocenters. The number of hydrogen-bond acceptors (Lipinski definition) is 4. The molecule has 19 heavy (non-hydrogen) atoms. The summed E-state index contributed by atoms with van der Waals surface area (Å²) in [5.41, 5.74) is 0. The van der Waals surface area contributed by atoms with Crippen molar-refractivity contribution < 1.29 is 13.2 Å². The number of carbonyl (C=O) groups excluding carboxylic acids is 1. The van der Waals surface area contributed by atoms with E-state index in [0.717, 1.165) is 25.9 Å². The number of rotatable bonds is 2. The van der Waals surface area contributed by atoms with Gasteiger partial charge in [0, 0.05) is 44.7 Å². The van der Waals surface area contributed by atoms with E-state index >= 15 is 0 Å². The van der Waals surface area contributed by atoms with Gasteiger partial charge in [-0.05, 0) is 12.8 Å². The number of carbonyl (C=O) groups is 1. The molecule has 1 unspecified atom stereocenters. The summed E-state index contributed by atoms with van der Waals surface area (Å²) in [7, 11) is 0.506. The average Bonchev–Trinajstić information content (AvgIpc) is 2.68. The molecular weight excluding hydrogens is 266 g/mol. The van der Waals surface area contributed by atoms with Crippen molar-refractivity contribution in [2.75, 3.05) is 32.9 Å². The van der Waals surface area contributed by atoms with Crippen molar-refractivity contribution in [1.29, 1.82) is 0 Å². The molecule has 0 aromatic heterocycles. The third kappa shape index (κ3) is 3.70. The normalized spacial score (nSPS) is 26.6. The van der Waals surface area contributed by atoms with Crippen LogP contribution in [0.15, 0.2) is 11.5 Å². The predicted molar refractivity (Wildman–Crippen MR) is 73.5 cm³/mol. The lowest BCUT2D eigenvalue weighted by Gasteiger charge is -2.34. The molecule has 1 N–H and O–H groups in total. The van der Waals surface area contributed by atoms with Crippen molar-refractivity contribution in [3.8, 4) is 0 Å². The van der Waals surface area contributed by atoms with E-state index in [2.05, 4.69) is 5.32 Å². The molecule has 108 valence electrons. The minimum Gasteiger partial charge on any atom is -0.331 e.